The van der Waals surface area contributed by atoms with Crippen LogP contribution in [0, 0.1) is 0 Å². The summed E-state index contributed by atoms with van der Waals surface area (Å²) in [5.41, 5.74) is 8.85. The van der Waals surface area contributed by atoms with Gasteiger partial charge in [-0.15, -0.1) is 0 Å². The molecule has 4 rings (SSSR count). The molecule has 3 aromatic rings. The summed E-state index contributed by atoms with van der Waals surface area (Å²) in [4.78, 5) is 22.5. The van der Waals surface area contributed by atoms with Crippen molar-refractivity contribution in [1.82, 2.24) is 19.9 Å². The smallest absolute Gasteiger partial charge is 0.140 e. The molecule has 1 fully saturated rings. The van der Waals surface area contributed by atoms with Crippen LogP contribution in [0.3, 0.4) is 0 Å². The molecule has 0 spiro atoms. The van der Waals surface area contributed by atoms with E-state index in [1.54, 1.807) is 12.5 Å². The molecule has 3 aromatic heterocycles. The summed E-state index contributed by atoms with van der Waals surface area (Å²) in [7, 11) is 0. The lowest BCUT2D eigenvalue weighted by molar-refractivity contribution is 0.641. The summed E-state index contributed by atoms with van der Waals surface area (Å²) in [6.45, 7) is 5.68. The van der Waals surface area contributed by atoms with Crippen LogP contribution in [0.15, 0.2) is 49.1 Å². The van der Waals surface area contributed by atoms with Crippen molar-refractivity contribution in [3.8, 4) is 11.1 Å². The van der Waals surface area contributed by atoms with Crippen molar-refractivity contribution in [2.75, 3.05) is 41.7 Å². The third kappa shape index (κ3) is 3.53. The number of piperazine rings is 1. The van der Waals surface area contributed by atoms with Gasteiger partial charge in [-0.2, -0.15) is 0 Å². The Bertz CT molecular complexity index is 888. The highest BCUT2D eigenvalue weighted by molar-refractivity contribution is 5.78. The number of nitrogens with two attached hydrogens (primary N) is 1. The summed E-state index contributed by atoms with van der Waals surface area (Å²) in [6, 6.07) is 9.85. The standard InChI is InChI=1S/C20H23N7/c1-2-16-19(15-6-7-17(21)23-13-15)20(25-14-24-16)27-11-9-26(10-12-27)18-5-3-4-8-22-18/h3-8,13-14H,2,9-12H2,1H3,(H2,21,23). The van der Waals surface area contributed by atoms with Crippen LogP contribution < -0.4 is 15.5 Å². The van der Waals surface area contributed by atoms with Crippen molar-refractivity contribution in [2.45, 2.75) is 13.3 Å². The Morgan fingerprint density at radius 1 is 0.926 bits per heavy atom. The second-order valence-corrected chi connectivity index (χ2v) is 6.51. The van der Waals surface area contributed by atoms with Crippen LogP contribution in [-0.2, 0) is 6.42 Å². The number of pyridine rings is 2. The topological polar surface area (TPSA) is 84.1 Å². The molecule has 4 heterocycles. The van der Waals surface area contributed by atoms with Gasteiger partial charge in [0, 0.05) is 49.7 Å². The molecule has 7 heteroatoms. The number of rotatable bonds is 4. The van der Waals surface area contributed by atoms with Crippen LogP contribution in [0.1, 0.15) is 12.6 Å². The van der Waals surface area contributed by atoms with Gasteiger partial charge in [-0.1, -0.05) is 13.0 Å². The van der Waals surface area contributed by atoms with Gasteiger partial charge in [0.25, 0.3) is 0 Å². The van der Waals surface area contributed by atoms with Gasteiger partial charge in [0.15, 0.2) is 0 Å². The first-order valence-corrected chi connectivity index (χ1v) is 9.23. The minimum atomic E-state index is 0.513. The van der Waals surface area contributed by atoms with Crippen molar-refractivity contribution in [3.05, 3.63) is 54.7 Å². The number of aryl methyl sites for hydroxylation is 1. The molecular formula is C20H23N7. The van der Waals surface area contributed by atoms with Crippen molar-refractivity contribution in [2.24, 2.45) is 0 Å². The van der Waals surface area contributed by atoms with E-state index in [1.807, 2.05) is 30.5 Å². The zero-order valence-electron chi connectivity index (χ0n) is 15.4. The average molecular weight is 361 g/mol. The zero-order chi connectivity index (χ0) is 18.6. The number of hydrogen-bond donors (Lipinski definition) is 1. The Morgan fingerprint density at radius 2 is 1.74 bits per heavy atom. The first-order valence-electron chi connectivity index (χ1n) is 9.23. The molecule has 138 valence electrons. The minimum absolute atomic E-state index is 0.513. The fourth-order valence-corrected chi connectivity index (χ4v) is 3.46. The molecule has 0 radical (unpaired) electrons. The molecule has 0 bridgehead atoms. The second-order valence-electron chi connectivity index (χ2n) is 6.51. The van der Waals surface area contributed by atoms with Gasteiger partial charge in [-0.05, 0) is 30.7 Å². The van der Waals surface area contributed by atoms with Gasteiger partial charge >= 0.3 is 0 Å². The van der Waals surface area contributed by atoms with Crippen LogP contribution in [0.5, 0.6) is 0 Å². The van der Waals surface area contributed by atoms with E-state index in [2.05, 4.69) is 42.7 Å². The second kappa shape index (κ2) is 7.57. The summed E-state index contributed by atoms with van der Waals surface area (Å²) >= 11 is 0. The lowest BCUT2D eigenvalue weighted by Gasteiger charge is -2.37. The van der Waals surface area contributed by atoms with Gasteiger partial charge in [-0.25, -0.2) is 19.9 Å². The molecule has 0 unspecified atom stereocenters. The molecule has 0 aliphatic carbocycles. The number of anilines is 3. The molecule has 1 aliphatic rings. The Labute approximate surface area is 158 Å². The maximum absolute atomic E-state index is 5.76. The highest BCUT2D eigenvalue weighted by Gasteiger charge is 2.23. The molecule has 0 saturated carbocycles. The van der Waals surface area contributed by atoms with Crippen molar-refractivity contribution in [3.63, 3.8) is 0 Å². The number of nitrogens with zero attached hydrogens (tertiary/aromatic N) is 6. The summed E-state index contributed by atoms with van der Waals surface area (Å²) in [5.74, 6) is 2.50. The molecule has 2 N–H and O–H groups in total. The molecule has 1 aliphatic heterocycles. The van der Waals surface area contributed by atoms with Gasteiger partial charge in [0.2, 0.25) is 0 Å². The van der Waals surface area contributed by atoms with Crippen LogP contribution in [0.2, 0.25) is 0 Å². The van der Waals surface area contributed by atoms with Crippen LogP contribution in [0.25, 0.3) is 11.1 Å². The van der Waals surface area contributed by atoms with E-state index in [1.165, 1.54) is 0 Å². The monoisotopic (exact) mass is 361 g/mol. The first kappa shape index (κ1) is 17.2. The third-order valence-corrected chi connectivity index (χ3v) is 4.87. The van der Waals surface area contributed by atoms with E-state index in [0.29, 0.717) is 5.82 Å². The molecule has 0 aromatic carbocycles. The third-order valence-electron chi connectivity index (χ3n) is 4.87. The number of hydrogen-bond acceptors (Lipinski definition) is 7. The molecule has 0 atom stereocenters. The van der Waals surface area contributed by atoms with E-state index in [4.69, 9.17) is 5.73 Å². The van der Waals surface area contributed by atoms with E-state index in [0.717, 1.165) is 61.1 Å². The van der Waals surface area contributed by atoms with E-state index in [-0.39, 0.29) is 0 Å². The summed E-state index contributed by atoms with van der Waals surface area (Å²) < 4.78 is 0. The summed E-state index contributed by atoms with van der Waals surface area (Å²) in [5, 5.41) is 0. The predicted molar refractivity (Wildman–Crippen MR) is 108 cm³/mol. The molecule has 7 nitrogen and oxygen atoms in total. The maximum atomic E-state index is 5.76. The molecule has 0 amide bonds. The van der Waals surface area contributed by atoms with E-state index < -0.39 is 0 Å². The summed E-state index contributed by atoms with van der Waals surface area (Å²) in [6.07, 6.45) is 6.14. The first-order chi connectivity index (χ1) is 13.3. The van der Waals surface area contributed by atoms with Gasteiger partial charge in [-0.3, -0.25) is 0 Å². The van der Waals surface area contributed by atoms with Gasteiger partial charge < -0.3 is 15.5 Å². The SMILES string of the molecule is CCc1ncnc(N2CCN(c3ccccn3)CC2)c1-c1ccc(N)nc1. The lowest BCUT2D eigenvalue weighted by atomic mass is 10.0. The maximum Gasteiger partial charge on any atom is 0.140 e. The lowest BCUT2D eigenvalue weighted by Crippen LogP contribution is -2.47. The molecule has 27 heavy (non-hydrogen) atoms. The van der Waals surface area contributed by atoms with Gasteiger partial charge in [0.05, 0.1) is 5.69 Å². The number of aromatic nitrogens is 4. The van der Waals surface area contributed by atoms with Crippen LogP contribution in [-0.4, -0.2) is 46.1 Å². The molecular weight excluding hydrogens is 338 g/mol. The fourth-order valence-electron chi connectivity index (χ4n) is 3.46. The fraction of sp³-hybridized carbons (Fsp3) is 0.300. The van der Waals surface area contributed by atoms with E-state index >= 15 is 0 Å². The Kier molecular flexibility index (Phi) is 4.82. The highest BCUT2D eigenvalue weighted by atomic mass is 15.3. The average Bonchev–Trinajstić information content (AvgIpc) is 2.74. The van der Waals surface area contributed by atoms with Crippen molar-refractivity contribution >= 4 is 17.5 Å². The highest BCUT2D eigenvalue weighted by Crippen LogP contribution is 2.32. The Morgan fingerprint density at radius 3 is 2.41 bits per heavy atom. The Hall–Kier alpha value is -3.22. The zero-order valence-corrected chi connectivity index (χ0v) is 15.4. The van der Waals surface area contributed by atoms with Crippen LogP contribution >= 0.6 is 0 Å². The van der Waals surface area contributed by atoms with Gasteiger partial charge in [0.1, 0.15) is 23.8 Å². The largest absolute Gasteiger partial charge is 0.384 e. The number of nitrogen functional groups attached to an aromatic ring is 1. The van der Waals surface area contributed by atoms with E-state index in [9.17, 15) is 0 Å². The predicted octanol–water partition coefficient (Wildman–Crippen LogP) is 2.40. The minimum Gasteiger partial charge on any atom is -0.384 e. The molecule has 1 saturated heterocycles. The van der Waals surface area contributed by atoms with Crippen molar-refractivity contribution < 1.29 is 0 Å². The quantitative estimate of drug-likeness (QED) is 0.764. The Balaban J connectivity index is 1.62. The normalized spacial score (nSPS) is 14.4. The van der Waals surface area contributed by atoms with Crippen molar-refractivity contribution in [1.29, 1.82) is 0 Å². The van der Waals surface area contributed by atoms with Crippen LogP contribution in [0.4, 0.5) is 17.5 Å².